The smallest absolute Gasteiger partial charge is 0.305 e. The van der Waals surface area contributed by atoms with Gasteiger partial charge in [-0.2, -0.15) is 12.6 Å². The van der Waals surface area contributed by atoms with Crippen LogP contribution in [0.25, 0.3) is 0 Å². The van der Waals surface area contributed by atoms with Gasteiger partial charge in [0.25, 0.3) is 0 Å². The highest BCUT2D eigenvalue weighted by molar-refractivity contribution is 8.15. The number of thiophene rings is 1. The van der Waals surface area contributed by atoms with Crippen LogP contribution in [0.4, 0.5) is 0 Å². The summed E-state index contributed by atoms with van der Waals surface area (Å²) in [5, 5.41) is 79.7. The molecule has 116 heavy (non-hydrogen) atoms. The van der Waals surface area contributed by atoms with E-state index in [-0.39, 0.29) is 67.7 Å². The number of thiol groups is 1. The molecular formula is C73H111N17O23S3. The average Bonchev–Trinajstić information content (AvgIpc) is 1.70. The molecule has 3 heterocycles. The number of hydrogen-bond donors (Lipinski definition) is 21. The summed E-state index contributed by atoms with van der Waals surface area (Å²) in [7, 11) is 1.21. The zero-order valence-corrected chi connectivity index (χ0v) is 68.9. The van der Waals surface area contributed by atoms with E-state index in [1.807, 2.05) is 0 Å². The van der Waals surface area contributed by atoms with Crippen LogP contribution >= 0.6 is 35.7 Å². The van der Waals surface area contributed by atoms with Gasteiger partial charge in [-0.3, -0.25) is 86.5 Å². The van der Waals surface area contributed by atoms with Crippen molar-refractivity contribution in [3.8, 4) is 5.75 Å². The van der Waals surface area contributed by atoms with Gasteiger partial charge in [0.2, 0.25) is 88.6 Å². The first-order chi connectivity index (χ1) is 54.9. The monoisotopic (exact) mass is 1690 g/mol. The molecule has 0 spiro atoms. The normalized spacial score (nSPS) is 21.8. The zero-order chi connectivity index (χ0) is 86.6. The number of hydrogen-bond acceptors (Lipinski definition) is 26. The molecule has 4 rings (SSSR count). The van der Waals surface area contributed by atoms with Crippen LogP contribution in [0.1, 0.15) is 130 Å². The Morgan fingerprint density at radius 1 is 0.629 bits per heavy atom. The number of aliphatic hydroxyl groups excluding tert-OH is 1. The molecule has 2 aromatic rings. The fourth-order valence-corrected chi connectivity index (χ4v) is 13.9. The molecule has 43 heteroatoms. The standard InChI is InChI=1S/C73H111N17O23S3/c1-11-37(7)58-71(110)77-30-53(93)79-44(23-35(3)4)63(102)86-50(32-114)68(107)88-57(36(5)6)70(109)76-29-54(94)80-45(25-41-26-52(115-33-41)73-87-51(34-116-73)69(108)78-39(9)60(99)89-59(38(8)12-2)72(111)90-58)64(103)85-49(31-91)67(106)84-48(28-56(97)98)66(105)82-46(24-40-16-18-42(92)19-17-40)65(104)81-43(15-13-14-20-74)62(101)83-47(27-55(95)96)61(100)75-21-22-113-112-10/h16-19,26,33,35-39,43-51,57-59,91-92,114H,11-15,20-25,27-32,34,74H2,1-10H3,(H,75,100)(H,76,109)(H,77,110)(H,78,108)(H,79,93)(H,80,94)(H,81,104)(H,82,105)(H,83,101)(H,84,106)(H,85,103)(H,86,102)(H,88,107)(H,89,99)(H,90,111)(H,95,96)(H,97,98)/t37?,38?,39-,43-,44-,45-,46-,47-,48-,49-,50-,51-,57-,58-,59-/m0/s1. The molecule has 40 nitrogen and oxygen atoms in total. The Morgan fingerprint density at radius 3 is 1.73 bits per heavy atom. The topological polar surface area (TPSA) is 608 Å². The number of benzene rings is 1. The van der Waals surface area contributed by atoms with Crippen molar-refractivity contribution in [2.75, 3.05) is 58.0 Å². The molecular weight excluding hydrogens is 1580 g/mol. The Hall–Kier alpha value is -10.1. The highest BCUT2D eigenvalue weighted by atomic mass is 32.2. The lowest BCUT2D eigenvalue weighted by atomic mass is 9.94. The van der Waals surface area contributed by atoms with E-state index in [1.54, 1.807) is 66.8 Å². The summed E-state index contributed by atoms with van der Waals surface area (Å²) in [6, 6.07) is -13.0. The lowest BCUT2D eigenvalue weighted by Gasteiger charge is -2.29. The van der Waals surface area contributed by atoms with Crippen LogP contribution in [-0.2, 0) is 104 Å². The fraction of sp³-hybridized carbons (Fsp3) is 0.616. The number of aromatic hydroxyl groups is 1. The lowest BCUT2D eigenvalue weighted by Crippen LogP contribution is -2.61. The van der Waals surface area contributed by atoms with Gasteiger partial charge in [-0.05, 0) is 97.5 Å². The number of nitrogens with zero attached hydrogens (tertiary/aromatic N) is 1. The average molecular weight is 1690 g/mol. The number of carboxylic acids is 2. The maximum absolute atomic E-state index is 14.7. The molecule has 0 fully saturated rings. The summed E-state index contributed by atoms with van der Waals surface area (Å²) in [6.07, 6.45) is -1.87. The molecule has 0 radical (unpaired) electrons. The molecule has 0 saturated carbocycles. The number of carbonyl (C=O) groups excluding carboxylic acids is 15. The van der Waals surface area contributed by atoms with Gasteiger partial charge in [-0.25, -0.2) is 9.78 Å². The summed E-state index contributed by atoms with van der Waals surface area (Å²) in [6.45, 7) is 12.0. The second-order valence-electron chi connectivity index (χ2n) is 28.7. The van der Waals surface area contributed by atoms with Crippen molar-refractivity contribution in [1.82, 2.24) is 79.8 Å². The highest BCUT2D eigenvalue weighted by Crippen LogP contribution is 2.29. The van der Waals surface area contributed by atoms with Crippen LogP contribution in [0.2, 0.25) is 0 Å². The summed E-state index contributed by atoms with van der Waals surface area (Å²) >= 11 is 6.55. The molecule has 15 amide bonds. The number of carbonyl (C=O) groups is 17. The Kier molecular flexibility index (Phi) is 42.1. The van der Waals surface area contributed by atoms with Gasteiger partial charge in [0.05, 0.1) is 51.1 Å². The van der Waals surface area contributed by atoms with Crippen molar-refractivity contribution in [2.24, 2.45) is 34.4 Å². The van der Waals surface area contributed by atoms with E-state index in [9.17, 15) is 102 Å². The predicted molar refractivity (Wildman–Crippen MR) is 425 cm³/mol. The van der Waals surface area contributed by atoms with Gasteiger partial charge in [-0.15, -0.1) is 23.1 Å². The molecule has 1 aromatic carbocycles. The largest absolute Gasteiger partial charge is 0.508 e. The molecule has 21 N–H and O–H groups in total. The zero-order valence-electron chi connectivity index (χ0n) is 66.3. The number of nitrogens with one attached hydrogen (secondary N) is 15. The number of unbranched alkanes of at least 4 members (excludes halogenated alkanes) is 1. The molecule has 2 aliphatic heterocycles. The van der Waals surface area contributed by atoms with Gasteiger partial charge in [-0.1, -0.05) is 80.4 Å². The van der Waals surface area contributed by atoms with Gasteiger partial charge in [0, 0.05) is 30.9 Å². The maximum Gasteiger partial charge on any atom is 0.305 e. The van der Waals surface area contributed by atoms with Gasteiger partial charge >= 0.3 is 11.9 Å². The number of phenolic OH excluding ortho intramolecular Hbond substituents is 1. The third-order valence-electron chi connectivity index (χ3n) is 18.5. The Morgan fingerprint density at radius 2 is 1.16 bits per heavy atom. The molecule has 4 bridgehead atoms. The maximum atomic E-state index is 14.7. The van der Waals surface area contributed by atoms with Gasteiger partial charge < -0.3 is 106 Å². The minimum atomic E-state index is -2.13. The first kappa shape index (κ1) is 98.3. The molecule has 0 aliphatic carbocycles. The first-order valence-corrected chi connectivity index (χ1v) is 40.4. The van der Waals surface area contributed by atoms with E-state index < -0.39 is 242 Å². The number of rotatable bonds is 34. The Bertz CT molecular complexity index is 3800. The van der Waals surface area contributed by atoms with Crippen molar-refractivity contribution in [3.05, 3.63) is 51.7 Å². The van der Waals surface area contributed by atoms with Gasteiger partial charge in [0.1, 0.15) is 89.3 Å². The van der Waals surface area contributed by atoms with Crippen molar-refractivity contribution < 1.29 is 112 Å². The van der Waals surface area contributed by atoms with E-state index in [1.165, 1.54) is 38.3 Å². The van der Waals surface area contributed by atoms with Crippen molar-refractivity contribution >= 4 is 141 Å². The number of phenols is 1. The minimum Gasteiger partial charge on any atom is -0.508 e. The molecule has 2 aliphatic rings. The Labute approximate surface area is 684 Å². The SMILES string of the molecule is CCC(C)[C@@H]1NC(=O)[C@H](C)NC(=O)[C@@H]2CSC(=N2)c2cc(cs2)C[C@@H](C(=O)N[C@@H](CO)C(=O)N[C@@H](CC(=O)O)C(=O)N[C@@H](Cc2ccc(O)cc2)C(=O)N[C@@H](CCCCN)C(=O)N[C@@H](CC(=O)O)C(=O)NCCOOC)NC(=O)CNC(=O)[C@H](C(C)C)NC(=O)[C@H](CS)NC(=O)[C@H](CC(C)C)NC(=O)CNC(=O)[C@H](C(C)CC)NC1=O. The third-order valence-corrected chi connectivity index (χ3v) is 21.1. The van der Waals surface area contributed by atoms with E-state index in [2.05, 4.69) is 102 Å². The van der Waals surface area contributed by atoms with Gasteiger partial charge in [0.15, 0.2) is 0 Å². The van der Waals surface area contributed by atoms with E-state index >= 15 is 0 Å². The number of aliphatic carboxylic acids is 2. The first-order valence-electron chi connectivity index (χ1n) is 37.9. The number of thioether (sulfide) groups is 1. The number of aliphatic imine (C=N–C) groups is 1. The van der Waals surface area contributed by atoms with Crippen LogP contribution < -0.4 is 85.5 Å². The number of aliphatic hydroxyl groups is 1. The quantitative estimate of drug-likeness (QED) is 0.0136. The summed E-state index contributed by atoms with van der Waals surface area (Å²) < 4.78 is 0. The lowest BCUT2D eigenvalue weighted by molar-refractivity contribution is -0.270. The van der Waals surface area contributed by atoms with E-state index in [0.717, 1.165) is 23.1 Å². The van der Waals surface area contributed by atoms with Crippen LogP contribution in [-0.4, -0.2) is 263 Å². The van der Waals surface area contributed by atoms with Crippen LogP contribution in [0.5, 0.6) is 5.75 Å². The molecule has 0 saturated heterocycles. The number of fused-ring (bicyclic) bond motifs is 4. The second-order valence-corrected chi connectivity index (χ2v) is 30.9. The predicted octanol–water partition coefficient (Wildman–Crippen LogP) is -4.33. The molecule has 2 unspecified atom stereocenters. The van der Waals surface area contributed by atoms with E-state index in [4.69, 9.17) is 10.6 Å². The molecule has 1 aromatic heterocycles. The molecule has 15 atom stereocenters. The second kappa shape index (κ2) is 49.7. The fourth-order valence-electron chi connectivity index (χ4n) is 11.6. The number of amides is 15. The summed E-state index contributed by atoms with van der Waals surface area (Å²) in [5.74, 6) is -20.1. The van der Waals surface area contributed by atoms with Crippen molar-refractivity contribution in [2.45, 2.75) is 205 Å². The van der Waals surface area contributed by atoms with Crippen molar-refractivity contribution in [1.29, 1.82) is 0 Å². The van der Waals surface area contributed by atoms with Crippen LogP contribution in [0.15, 0.2) is 40.7 Å². The van der Waals surface area contributed by atoms with Crippen LogP contribution in [0.3, 0.4) is 0 Å². The third kappa shape index (κ3) is 32.9. The van der Waals surface area contributed by atoms with Crippen molar-refractivity contribution in [3.63, 3.8) is 0 Å². The Balaban J connectivity index is 1.73. The number of carboxylic acid groups (broad SMARTS) is 2. The summed E-state index contributed by atoms with van der Waals surface area (Å²) in [5.41, 5.74) is 6.31. The molecule has 644 valence electrons. The number of nitrogens with two attached hydrogens (primary N) is 1. The highest BCUT2D eigenvalue weighted by Gasteiger charge is 2.39. The van der Waals surface area contributed by atoms with E-state index in [0.29, 0.717) is 34.7 Å². The summed E-state index contributed by atoms with van der Waals surface area (Å²) in [4.78, 5) is 249. The van der Waals surface area contributed by atoms with Crippen LogP contribution in [0, 0.1) is 23.7 Å². The minimum absolute atomic E-state index is 0.0328.